The van der Waals surface area contributed by atoms with Gasteiger partial charge in [0.2, 0.25) is 0 Å². The highest BCUT2D eigenvalue weighted by Gasteiger charge is 2.37. The molecule has 2 heterocycles. The van der Waals surface area contributed by atoms with Crippen LogP contribution in [0.3, 0.4) is 0 Å². The number of tetrazole rings is 1. The standard InChI is InChI=1S/C11H7F3N8O2/c1-5-15-10(11(12,13)14)18-21(5)8-3-2-6(22(23)24)4-7(8)9-16-19-20-17-9/h2-4H,1H3,(H,16,17,19,20). The molecule has 0 radical (unpaired) electrons. The van der Waals surface area contributed by atoms with Crippen molar-refractivity contribution in [2.24, 2.45) is 0 Å². The summed E-state index contributed by atoms with van der Waals surface area (Å²) in [4.78, 5) is 13.7. The molecular formula is C11H7F3N8O2. The number of nitro benzene ring substituents is 1. The number of H-pyrrole nitrogens is 1. The van der Waals surface area contributed by atoms with Crippen molar-refractivity contribution in [2.45, 2.75) is 13.1 Å². The number of hydrogen-bond donors (Lipinski definition) is 1. The first-order valence-corrected chi connectivity index (χ1v) is 6.31. The SMILES string of the molecule is Cc1nc(C(F)(F)F)nn1-c1ccc([N+](=O)[O-])cc1-c1nnn[nH]1. The average Bonchev–Trinajstić information content (AvgIpc) is 3.15. The van der Waals surface area contributed by atoms with Crippen molar-refractivity contribution in [3.05, 3.63) is 40.0 Å². The zero-order valence-electron chi connectivity index (χ0n) is 11.8. The Labute approximate surface area is 130 Å². The number of aryl methyl sites for hydroxylation is 1. The number of nitrogens with one attached hydrogen (secondary N) is 1. The third-order valence-electron chi connectivity index (χ3n) is 3.04. The summed E-state index contributed by atoms with van der Waals surface area (Å²) in [5.41, 5.74) is -0.0606. The van der Waals surface area contributed by atoms with Crippen molar-refractivity contribution < 1.29 is 18.1 Å². The van der Waals surface area contributed by atoms with Crippen LogP contribution in [-0.4, -0.2) is 40.3 Å². The van der Waals surface area contributed by atoms with Gasteiger partial charge in [0.25, 0.3) is 11.5 Å². The number of hydrogen-bond acceptors (Lipinski definition) is 7. The highest BCUT2D eigenvalue weighted by Crippen LogP contribution is 2.31. The molecule has 0 spiro atoms. The van der Waals surface area contributed by atoms with E-state index >= 15 is 0 Å². The summed E-state index contributed by atoms with van der Waals surface area (Å²) < 4.78 is 39.2. The predicted octanol–water partition coefficient (Wildman–Crippen LogP) is 1.68. The van der Waals surface area contributed by atoms with E-state index in [-0.39, 0.29) is 28.6 Å². The van der Waals surface area contributed by atoms with Crippen LogP contribution in [0, 0.1) is 17.0 Å². The molecule has 0 saturated carbocycles. The lowest BCUT2D eigenvalue weighted by Gasteiger charge is -2.08. The molecule has 1 aromatic carbocycles. The smallest absolute Gasteiger partial charge is 0.258 e. The Hall–Kier alpha value is -3.38. The van der Waals surface area contributed by atoms with Gasteiger partial charge in [-0.25, -0.2) is 14.8 Å². The Bertz CT molecular complexity index is 903. The summed E-state index contributed by atoms with van der Waals surface area (Å²) in [7, 11) is 0. The molecule has 2 aromatic heterocycles. The van der Waals surface area contributed by atoms with Crippen molar-refractivity contribution in [3.8, 4) is 17.1 Å². The Morgan fingerprint density at radius 2 is 2.08 bits per heavy atom. The first kappa shape index (κ1) is 15.5. The molecule has 24 heavy (non-hydrogen) atoms. The Morgan fingerprint density at radius 1 is 1.33 bits per heavy atom. The van der Waals surface area contributed by atoms with Gasteiger partial charge in [0.15, 0.2) is 5.82 Å². The quantitative estimate of drug-likeness (QED) is 0.567. The van der Waals surface area contributed by atoms with Gasteiger partial charge in [-0.3, -0.25) is 10.1 Å². The Balaban J connectivity index is 2.22. The van der Waals surface area contributed by atoms with E-state index in [1.54, 1.807) is 0 Å². The number of halogens is 3. The molecule has 124 valence electrons. The number of nitrogens with zero attached hydrogens (tertiary/aromatic N) is 7. The summed E-state index contributed by atoms with van der Waals surface area (Å²) in [6.45, 7) is 1.33. The fraction of sp³-hybridized carbons (Fsp3) is 0.182. The van der Waals surface area contributed by atoms with Gasteiger partial charge in [-0.1, -0.05) is 0 Å². The number of aromatic amines is 1. The molecule has 13 heteroatoms. The summed E-state index contributed by atoms with van der Waals surface area (Å²) in [6, 6.07) is 3.51. The molecule has 0 amide bonds. The topological polar surface area (TPSA) is 128 Å². The summed E-state index contributed by atoms with van der Waals surface area (Å²) in [5, 5.41) is 27.1. The second-order valence-electron chi connectivity index (χ2n) is 4.60. The molecule has 0 atom stereocenters. The lowest BCUT2D eigenvalue weighted by Crippen LogP contribution is -2.09. The van der Waals surface area contributed by atoms with E-state index in [0.29, 0.717) is 0 Å². The third-order valence-corrected chi connectivity index (χ3v) is 3.04. The summed E-state index contributed by atoms with van der Waals surface area (Å²) >= 11 is 0. The molecule has 0 fully saturated rings. The average molecular weight is 340 g/mol. The van der Waals surface area contributed by atoms with Crippen LogP contribution in [-0.2, 0) is 6.18 Å². The molecule has 0 aliphatic carbocycles. The molecule has 0 unspecified atom stereocenters. The van der Waals surface area contributed by atoms with Gasteiger partial charge in [0, 0.05) is 12.1 Å². The molecular weight excluding hydrogens is 333 g/mol. The summed E-state index contributed by atoms with van der Waals surface area (Å²) in [6.07, 6.45) is -4.72. The van der Waals surface area contributed by atoms with E-state index in [1.807, 2.05) is 0 Å². The largest absolute Gasteiger partial charge is 0.453 e. The van der Waals surface area contributed by atoms with Gasteiger partial charge in [-0.15, -0.1) is 10.2 Å². The Kier molecular flexibility index (Phi) is 3.47. The number of benzene rings is 1. The fourth-order valence-electron chi connectivity index (χ4n) is 2.02. The van der Waals surface area contributed by atoms with Crippen molar-refractivity contribution >= 4 is 5.69 Å². The molecule has 0 aliphatic rings. The zero-order valence-corrected chi connectivity index (χ0v) is 11.8. The van der Waals surface area contributed by atoms with Crippen LogP contribution < -0.4 is 0 Å². The maximum atomic E-state index is 12.8. The minimum Gasteiger partial charge on any atom is -0.258 e. The summed E-state index contributed by atoms with van der Waals surface area (Å²) in [5.74, 6) is -1.33. The maximum absolute atomic E-state index is 12.8. The van der Waals surface area contributed by atoms with Gasteiger partial charge in [0.1, 0.15) is 5.82 Å². The van der Waals surface area contributed by atoms with Crippen molar-refractivity contribution in [3.63, 3.8) is 0 Å². The predicted molar refractivity (Wildman–Crippen MR) is 70.9 cm³/mol. The maximum Gasteiger partial charge on any atom is 0.453 e. The molecule has 10 nitrogen and oxygen atoms in total. The van der Waals surface area contributed by atoms with Gasteiger partial charge in [-0.05, 0) is 23.4 Å². The van der Waals surface area contributed by atoms with E-state index < -0.39 is 16.9 Å². The van der Waals surface area contributed by atoms with Crippen LogP contribution in [0.5, 0.6) is 0 Å². The van der Waals surface area contributed by atoms with Crippen LogP contribution in [0.25, 0.3) is 17.1 Å². The lowest BCUT2D eigenvalue weighted by molar-refractivity contribution is -0.384. The molecule has 0 saturated heterocycles. The normalized spacial score (nSPS) is 11.7. The highest BCUT2D eigenvalue weighted by atomic mass is 19.4. The molecule has 3 aromatic rings. The Morgan fingerprint density at radius 3 is 2.62 bits per heavy atom. The van der Waals surface area contributed by atoms with Gasteiger partial charge < -0.3 is 0 Å². The fourth-order valence-corrected chi connectivity index (χ4v) is 2.02. The van der Waals surface area contributed by atoms with Crippen molar-refractivity contribution in [2.75, 3.05) is 0 Å². The van der Waals surface area contributed by atoms with E-state index in [2.05, 4.69) is 30.7 Å². The van der Waals surface area contributed by atoms with E-state index in [4.69, 9.17) is 0 Å². The monoisotopic (exact) mass is 340 g/mol. The number of alkyl halides is 3. The van der Waals surface area contributed by atoms with Crippen LogP contribution in [0.4, 0.5) is 18.9 Å². The number of non-ortho nitro benzene ring substituents is 1. The zero-order chi connectivity index (χ0) is 17.5. The van der Waals surface area contributed by atoms with Crippen LogP contribution >= 0.6 is 0 Å². The number of rotatable bonds is 3. The number of aromatic nitrogens is 7. The van der Waals surface area contributed by atoms with E-state index in [9.17, 15) is 23.3 Å². The molecule has 1 N–H and O–H groups in total. The van der Waals surface area contributed by atoms with Crippen LogP contribution in [0.15, 0.2) is 18.2 Å². The van der Waals surface area contributed by atoms with E-state index in [1.165, 1.54) is 13.0 Å². The molecule has 0 aliphatic heterocycles. The number of nitro groups is 1. The second-order valence-corrected chi connectivity index (χ2v) is 4.60. The molecule has 0 bridgehead atoms. The molecule has 3 rings (SSSR count). The highest BCUT2D eigenvalue weighted by molar-refractivity contribution is 5.70. The van der Waals surface area contributed by atoms with Gasteiger partial charge in [-0.2, -0.15) is 13.2 Å². The van der Waals surface area contributed by atoms with Crippen molar-refractivity contribution in [1.82, 2.24) is 35.4 Å². The third kappa shape index (κ3) is 2.66. The minimum absolute atomic E-state index is 0.0390. The first-order valence-electron chi connectivity index (χ1n) is 6.31. The van der Waals surface area contributed by atoms with Crippen LogP contribution in [0.1, 0.15) is 11.6 Å². The van der Waals surface area contributed by atoms with Gasteiger partial charge >= 0.3 is 6.18 Å². The van der Waals surface area contributed by atoms with Crippen LogP contribution in [0.2, 0.25) is 0 Å². The van der Waals surface area contributed by atoms with Gasteiger partial charge in [0.05, 0.1) is 16.2 Å². The minimum atomic E-state index is -4.72. The second kappa shape index (κ2) is 5.36. The van der Waals surface area contributed by atoms with E-state index in [0.717, 1.165) is 16.8 Å². The first-order chi connectivity index (χ1) is 11.3. The van der Waals surface area contributed by atoms with Crippen molar-refractivity contribution in [1.29, 1.82) is 0 Å². The lowest BCUT2D eigenvalue weighted by atomic mass is 10.1.